The molecule has 0 spiro atoms. The number of carbonyl (C=O) groups is 2. The van der Waals surface area contributed by atoms with E-state index < -0.39 is 0 Å². The summed E-state index contributed by atoms with van der Waals surface area (Å²) in [6.45, 7) is 5.23. The molecule has 1 N–H and O–H groups in total. The van der Waals surface area contributed by atoms with Gasteiger partial charge in [-0.05, 0) is 36.1 Å². The van der Waals surface area contributed by atoms with E-state index in [1.807, 2.05) is 54.3 Å². The van der Waals surface area contributed by atoms with Crippen LogP contribution in [0.1, 0.15) is 30.1 Å². The second-order valence-corrected chi connectivity index (χ2v) is 6.81. The fraction of sp³-hybridized carbons (Fsp3) is 0.364. The monoisotopic (exact) mass is 365 g/mol. The summed E-state index contributed by atoms with van der Waals surface area (Å²) in [5.41, 5.74) is 2.93. The second-order valence-electron chi connectivity index (χ2n) is 6.81. The first kappa shape index (κ1) is 19.0. The molecule has 1 aliphatic rings. The molecule has 0 saturated carbocycles. The topological polar surface area (TPSA) is 52.7 Å². The number of nitrogens with zero attached hydrogens (tertiary/aromatic N) is 2. The maximum absolute atomic E-state index is 12.9. The van der Waals surface area contributed by atoms with Crippen LogP contribution in [0.2, 0.25) is 0 Å². The fourth-order valence-electron chi connectivity index (χ4n) is 3.29. The van der Waals surface area contributed by atoms with Crippen molar-refractivity contribution in [2.45, 2.75) is 19.8 Å². The van der Waals surface area contributed by atoms with Gasteiger partial charge in [-0.15, -0.1) is 0 Å². The third-order valence-corrected chi connectivity index (χ3v) is 4.84. The molecular weight excluding hydrogens is 338 g/mol. The van der Waals surface area contributed by atoms with Crippen LogP contribution in [0.4, 0.5) is 4.79 Å². The molecular formula is C22H27N3O2. The van der Waals surface area contributed by atoms with Crippen molar-refractivity contribution in [3.05, 3.63) is 60.2 Å². The number of nitrogens with one attached hydrogen (secondary N) is 1. The Balaban J connectivity index is 1.61. The Hall–Kier alpha value is -2.82. The minimum Gasteiger partial charge on any atom is -0.338 e. The molecule has 0 aliphatic carbocycles. The zero-order chi connectivity index (χ0) is 19.1. The van der Waals surface area contributed by atoms with Crippen LogP contribution in [-0.4, -0.2) is 54.5 Å². The van der Waals surface area contributed by atoms with Crippen LogP contribution in [0.5, 0.6) is 0 Å². The van der Waals surface area contributed by atoms with Gasteiger partial charge in [-0.2, -0.15) is 0 Å². The van der Waals surface area contributed by atoms with Crippen LogP contribution < -0.4 is 5.32 Å². The smallest absolute Gasteiger partial charge is 0.317 e. The average molecular weight is 365 g/mol. The van der Waals surface area contributed by atoms with Crippen LogP contribution in [0.3, 0.4) is 0 Å². The Bertz CT molecular complexity index is 759. The highest BCUT2D eigenvalue weighted by Gasteiger charge is 2.22. The van der Waals surface area contributed by atoms with E-state index >= 15 is 0 Å². The van der Waals surface area contributed by atoms with Crippen molar-refractivity contribution in [3.8, 4) is 11.1 Å². The number of carbonyl (C=O) groups excluding carboxylic acids is 2. The molecule has 5 nitrogen and oxygen atoms in total. The van der Waals surface area contributed by atoms with Gasteiger partial charge in [0.2, 0.25) is 0 Å². The number of rotatable bonds is 4. The predicted molar refractivity (Wildman–Crippen MR) is 108 cm³/mol. The molecule has 1 heterocycles. The van der Waals surface area contributed by atoms with E-state index in [4.69, 9.17) is 0 Å². The largest absolute Gasteiger partial charge is 0.338 e. The van der Waals surface area contributed by atoms with Gasteiger partial charge in [0.15, 0.2) is 0 Å². The summed E-state index contributed by atoms with van der Waals surface area (Å²) in [6, 6.07) is 17.9. The van der Waals surface area contributed by atoms with Crippen molar-refractivity contribution in [2.75, 3.05) is 32.7 Å². The Morgan fingerprint density at radius 2 is 1.48 bits per heavy atom. The highest BCUT2D eigenvalue weighted by Crippen LogP contribution is 2.20. The quantitative estimate of drug-likeness (QED) is 0.900. The van der Waals surface area contributed by atoms with Gasteiger partial charge in [-0.1, -0.05) is 49.4 Å². The van der Waals surface area contributed by atoms with Gasteiger partial charge in [0.25, 0.3) is 5.91 Å². The molecule has 3 amide bonds. The van der Waals surface area contributed by atoms with Crippen LogP contribution >= 0.6 is 0 Å². The van der Waals surface area contributed by atoms with Gasteiger partial charge in [0.05, 0.1) is 0 Å². The summed E-state index contributed by atoms with van der Waals surface area (Å²) in [4.78, 5) is 28.7. The lowest BCUT2D eigenvalue weighted by Crippen LogP contribution is -2.42. The summed E-state index contributed by atoms with van der Waals surface area (Å²) in [5, 5.41) is 2.91. The van der Waals surface area contributed by atoms with E-state index in [1.54, 1.807) is 4.90 Å². The zero-order valence-electron chi connectivity index (χ0n) is 15.9. The van der Waals surface area contributed by atoms with E-state index in [1.165, 1.54) is 0 Å². The molecule has 0 unspecified atom stereocenters. The van der Waals surface area contributed by atoms with Gasteiger partial charge < -0.3 is 15.1 Å². The van der Waals surface area contributed by atoms with Gasteiger partial charge in [-0.3, -0.25) is 4.79 Å². The van der Waals surface area contributed by atoms with Gasteiger partial charge >= 0.3 is 6.03 Å². The molecule has 2 aromatic rings. The average Bonchev–Trinajstić information content (AvgIpc) is 2.98. The van der Waals surface area contributed by atoms with Gasteiger partial charge in [0.1, 0.15) is 0 Å². The third kappa shape index (κ3) is 4.88. The molecule has 1 fully saturated rings. The van der Waals surface area contributed by atoms with E-state index in [0.29, 0.717) is 38.3 Å². The molecule has 3 rings (SSSR count). The molecule has 5 heteroatoms. The molecule has 1 aliphatic heterocycles. The molecule has 142 valence electrons. The highest BCUT2D eigenvalue weighted by molar-refractivity contribution is 5.94. The summed E-state index contributed by atoms with van der Waals surface area (Å²) >= 11 is 0. The fourth-order valence-corrected chi connectivity index (χ4v) is 3.29. The molecule has 0 radical (unpaired) electrons. The lowest BCUT2D eigenvalue weighted by Gasteiger charge is -2.22. The highest BCUT2D eigenvalue weighted by atomic mass is 16.2. The molecule has 27 heavy (non-hydrogen) atoms. The van der Waals surface area contributed by atoms with Crippen LogP contribution in [0, 0.1) is 0 Å². The molecule has 1 saturated heterocycles. The van der Waals surface area contributed by atoms with Gasteiger partial charge in [0, 0.05) is 38.3 Å². The normalized spacial score (nSPS) is 14.6. The summed E-state index contributed by atoms with van der Waals surface area (Å²) < 4.78 is 0. The number of hydrogen-bond acceptors (Lipinski definition) is 2. The first-order valence-corrected chi connectivity index (χ1v) is 9.66. The SMILES string of the molecule is CCCNC(=O)N1CCCN(C(=O)c2ccc(-c3ccccc3)cc2)CC1. The van der Waals surface area contributed by atoms with Crippen LogP contribution in [0.15, 0.2) is 54.6 Å². The Morgan fingerprint density at radius 3 is 2.19 bits per heavy atom. The maximum Gasteiger partial charge on any atom is 0.317 e. The summed E-state index contributed by atoms with van der Waals surface area (Å²) in [5.74, 6) is 0.0328. The standard InChI is InChI=1S/C22H27N3O2/c1-2-13-23-22(27)25-15-6-14-24(16-17-25)21(26)20-11-9-19(10-12-20)18-7-4-3-5-8-18/h3-5,7-12H,2,6,13-17H2,1H3,(H,23,27). The lowest BCUT2D eigenvalue weighted by molar-refractivity contribution is 0.0762. The van der Waals surface area contributed by atoms with Crippen molar-refractivity contribution in [1.82, 2.24) is 15.1 Å². The lowest BCUT2D eigenvalue weighted by atomic mass is 10.0. The van der Waals surface area contributed by atoms with E-state index in [9.17, 15) is 9.59 Å². The van der Waals surface area contributed by atoms with Gasteiger partial charge in [-0.25, -0.2) is 4.79 Å². The minimum absolute atomic E-state index is 0.0293. The van der Waals surface area contributed by atoms with Crippen LogP contribution in [-0.2, 0) is 0 Å². The first-order chi connectivity index (χ1) is 13.2. The molecule has 0 atom stereocenters. The van der Waals surface area contributed by atoms with E-state index in [2.05, 4.69) is 17.4 Å². The number of amides is 3. The molecule has 0 bridgehead atoms. The van der Waals surface area contributed by atoms with Crippen molar-refractivity contribution in [2.24, 2.45) is 0 Å². The molecule has 2 aromatic carbocycles. The Labute approximate surface area is 161 Å². The Morgan fingerprint density at radius 1 is 0.852 bits per heavy atom. The van der Waals surface area contributed by atoms with E-state index in [0.717, 1.165) is 24.0 Å². The summed E-state index contributed by atoms with van der Waals surface area (Å²) in [6.07, 6.45) is 1.72. The van der Waals surface area contributed by atoms with Crippen LogP contribution in [0.25, 0.3) is 11.1 Å². The second kappa shape index (κ2) is 9.21. The summed E-state index contributed by atoms with van der Waals surface area (Å²) in [7, 11) is 0. The first-order valence-electron chi connectivity index (χ1n) is 9.66. The van der Waals surface area contributed by atoms with Crippen molar-refractivity contribution >= 4 is 11.9 Å². The van der Waals surface area contributed by atoms with E-state index in [-0.39, 0.29) is 11.9 Å². The van der Waals surface area contributed by atoms with Crippen molar-refractivity contribution < 1.29 is 9.59 Å². The predicted octanol–water partition coefficient (Wildman–Crippen LogP) is 3.62. The minimum atomic E-state index is -0.0293. The van der Waals surface area contributed by atoms with Crippen molar-refractivity contribution in [1.29, 1.82) is 0 Å². The van der Waals surface area contributed by atoms with Crippen molar-refractivity contribution in [3.63, 3.8) is 0 Å². The number of benzene rings is 2. The third-order valence-electron chi connectivity index (χ3n) is 4.84. The maximum atomic E-state index is 12.9. The zero-order valence-corrected chi connectivity index (χ0v) is 15.9. The molecule has 0 aromatic heterocycles. The number of urea groups is 1. The number of hydrogen-bond donors (Lipinski definition) is 1. The Kier molecular flexibility index (Phi) is 6.47.